The van der Waals surface area contributed by atoms with Gasteiger partial charge in [0.05, 0.1) is 14.2 Å². The third kappa shape index (κ3) is 2.00. The van der Waals surface area contributed by atoms with Gasteiger partial charge in [0.15, 0.2) is 11.1 Å². The molecule has 0 saturated carbocycles. The Kier molecular flexibility index (Phi) is 3.60. The van der Waals surface area contributed by atoms with E-state index in [0.717, 1.165) is 11.3 Å². The van der Waals surface area contributed by atoms with E-state index in [1.54, 1.807) is 21.0 Å². The van der Waals surface area contributed by atoms with Crippen LogP contribution in [0.25, 0.3) is 0 Å². The molecule has 0 bridgehead atoms. The van der Waals surface area contributed by atoms with Gasteiger partial charge in [-0.1, -0.05) is 12.1 Å². The summed E-state index contributed by atoms with van der Waals surface area (Å²) in [5.41, 5.74) is -1.24. The van der Waals surface area contributed by atoms with Gasteiger partial charge in [0.2, 0.25) is 0 Å². The lowest BCUT2D eigenvalue weighted by Crippen LogP contribution is -2.57. The van der Waals surface area contributed by atoms with Gasteiger partial charge >= 0.3 is 5.97 Å². The minimum Gasteiger partial charge on any atom is -0.497 e. The Morgan fingerprint density at radius 2 is 1.85 bits per heavy atom. The largest absolute Gasteiger partial charge is 0.497 e. The third-order valence-corrected chi connectivity index (χ3v) is 4.02. The zero-order chi connectivity index (χ0) is 15.0. The van der Waals surface area contributed by atoms with Crippen molar-refractivity contribution in [2.45, 2.75) is 25.0 Å². The maximum atomic E-state index is 12.1. The molecule has 0 spiro atoms. The fourth-order valence-electron chi connectivity index (χ4n) is 2.34. The number of ether oxygens (including phenoxy) is 3. The van der Waals surface area contributed by atoms with Crippen molar-refractivity contribution in [2.24, 2.45) is 0 Å². The Hall–Kier alpha value is -1.82. The lowest BCUT2D eigenvalue weighted by Gasteiger charge is -2.35. The molecule has 1 fully saturated rings. The number of carbonyl (C=O) groups excluding carboxylic acids is 1. The smallest absolute Gasteiger partial charge is 0.335 e. The van der Waals surface area contributed by atoms with Crippen LogP contribution in [0, 0.1) is 0 Å². The first-order valence-electron chi connectivity index (χ1n) is 6.11. The minimum absolute atomic E-state index is 0.177. The maximum absolute atomic E-state index is 12.1. The Morgan fingerprint density at radius 1 is 1.25 bits per heavy atom. The van der Waals surface area contributed by atoms with Gasteiger partial charge in [0.1, 0.15) is 5.75 Å². The number of benzene rings is 1. The molecule has 2 atom stereocenters. The SMILES string of the molecule is COC(=O)[C@]1(C)NC(=S)O[C@]1(C)c1ccc(OC)cc1. The summed E-state index contributed by atoms with van der Waals surface area (Å²) in [5.74, 6) is 0.293. The van der Waals surface area contributed by atoms with Crippen LogP contribution >= 0.6 is 12.2 Å². The van der Waals surface area contributed by atoms with Crippen molar-refractivity contribution in [3.63, 3.8) is 0 Å². The monoisotopic (exact) mass is 295 g/mol. The highest BCUT2D eigenvalue weighted by Crippen LogP contribution is 2.42. The number of hydrogen-bond donors (Lipinski definition) is 1. The van der Waals surface area contributed by atoms with Gasteiger partial charge in [-0.2, -0.15) is 0 Å². The quantitative estimate of drug-likeness (QED) is 0.677. The summed E-state index contributed by atoms with van der Waals surface area (Å²) in [6.45, 7) is 3.51. The van der Waals surface area contributed by atoms with Crippen LogP contribution in [0.5, 0.6) is 5.75 Å². The zero-order valence-corrected chi connectivity index (χ0v) is 12.7. The van der Waals surface area contributed by atoms with E-state index in [1.807, 2.05) is 24.3 Å². The van der Waals surface area contributed by atoms with Crippen molar-refractivity contribution in [3.8, 4) is 5.75 Å². The van der Waals surface area contributed by atoms with Crippen LogP contribution in [0.1, 0.15) is 19.4 Å². The second kappa shape index (κ2) is 4.94. The van der Waals surface area contributed by atoms with Crippen molar-refractivity contribution < 1.29 is 19.0 Å². The molecule has 0 radical (unpaired) electrons. The molecule has 1 heterocycles. The van der Waals surface area contributed by atoms with Crippen molar-refractivity contribution in [3.05, 3.63) is 29.8 Å². The summed E-state index contributed by atoms with van der Waals surface area (Å²) in [4.78, 5) is 12.1. The molecule has 1 saturated heterocycles. The second-order valence-corrected chi connectivity index (χ2v) is 5.26. The van der Waals surface area contributed by atoms with Crippen molar-refractivity contribution in [1.29, 1.82) is 0 Å². The minimum atomic E-state index is -1.09. The van der Waals surface area contributed by atoms with Gasteiger partial charge in [0, 0.05) is 0 Å². The van der Waals surface area contributed by atoms with E-state index in [4.69, 9.17) is 26.4 Å². The van der Waals surface area contributed by atoms with Gasteiger partial charge in [-0.25, -0.2) is 4.79 Å². The molecule has 1 aromatic carbocycles. The van der Waals surface area contributed by atoms with Crippen LogP contribution in [-0.4, -0.2) is 30.9 Å². The van der Waals surface area contributed by atoms with Gasteiger partial charge in [-0.3, -0.25) is 0 Å². The molecular formula is C14H17NO4S. The molecule has 0 unspecified atom stereocenters. The number of carbonyl (C=O) groups is 1. The Morgan fingerprint density at radius 3 is 2.35 bits per heavy atom. The highest BCUT2D eigenvalue weighted by molar-refractivity contribution is 7.80. The predicted octanol–water partition coefficient (Wildman–Crippen LogP) is 1.75. The molecule has 1 N–H and O–H groups in total. The van der Waals surface area contributed by atoms with Crippen LogP contribution < -0.4 is 10.1 Å². The third-order valence-electron chi connectivity index (χ3n) is 3.84. The van der Waals surface area contributed by atoms with Gasteiger partial charge in [-0.05, 0) is 43.8 Å². The normalized spacial score (nSPS) is 28.5. The highest BCUT2D eigenvalue weighted by Gasteiger charge is 2.60. The standard InChI is InChI=1S/C14H17NO4S/c1-13(11(16)18-4)14(2,19-12(20)15-13)9-5-7-10(17-3)8-6-9/h5-8H,1-4H3,(H,15,20)/t13-,14+/m0/s1. The first kappa shape index (κ1) is 14.6. The first-order valence-corrected chi connectivity index (χ1v) is 6.52. The summed E-state index contributed by atoms with van der Waals surface area (Å²) in [7, 11) is 2.93. The lowest BCUT2D eigenvalue weighted by molar-refractivity contribution is -0.153. The topological polar surface area (TPSA) is 56.8 Å². The Balaban J connectivity index is 2.49. The van der Waals surface area contributed by atoms with Crippen LogP contribution in [0.4, 0.5) is 0 Å². The summed E-state index contributed by atoms with van der Waals surface area (Å²) < 4.78 is 15.7. The second-order valence-electron chi connectivity index (χ2n) is 4.89. The molecular weight excluding hydrogens is 278 g/mol. The molecule has 5 nitrogen and oxygen atoms in total. The summed E-state index contributed by atoms with van der Waals surface area (Å²) in [5, 5.41) is 3.08. The van der Waals surface area contributed by atoms with Crippen LogP contribution in [0.2, 0.25) is 0 Å². The average Bonchev–Trinajstić information content (AvgIpc) is 2.69. The number of esters is 1. The zero-order valence-electron chi connectivity index (χ0n) is 11.9. The van der Waals surface area contributed by atoms with Crippen molar-refractivity contribution in [2.75, 3.05) is 14.2 Å². The molecule has 2 rings (SSSR count). The fraction of sp³-hybridized carbons (Fsp3) is 0.429. The van der Waals surface area contributed by atoms with E-state index in [9.17, 15) is 4.79 Å². The highest BCUT2D eigenvalue weighted by atomic mass is 32.1. The van der Waals surface area contributed by atoms with Crippen molar-refractivity contribution in [1.82, 2.24) is 5.32 Å². The van der Waals surface area contributed by atoms with Gasteiger partial charge in [0.25, 0.3) is 5.17 Å². The van der Waals surface area contributed by atoms with E-state index in [2.05, 4.69) is 5.32 Å². The fourth-order valence-corrected chi connectivity index (χ4v) is 2.71. The average molecular weight is 295 g/mol. The first-order chi connectivity index (χ1) is 9.37. The van der Waals surface area contributed by atoms with E-state index in [0.29, 0.717) is 0 Å². The van der Waals surface area contributed by atoms with Crippen LogP contribution in [-0.2, 0) is 19.9 Å². The van der Waals surface area contributed by atoms with Crippen LogP contribution in [0.15, 0.2) is 24.3 Å². The molecule has 20 heavy (non-hydrogen) atoms. The Labute approximate surface area is 123 Å². The van der Waals surface area contributed by atoms with E-state index in [-0.39, 0.29) is 5.17 Å². The number of thiocarbonyl (C=S) groups is 1. The number of methoxy groups -OCH3 is 2. The molecule has 0 aliphatic carbocycles. The van der Waals surface area contributed by atoms with E-state index >= 15 is 0 Å². The number of nitrogens with one attached hydrogen (secondary N) is 1. The predicted molar refractivity (Wildman–Crippen MR) is 77.6 cm³/mol. The van der Waals surface area contributed by atoms with Gasteiger partial charge in [-0.15, -0.1) is 0 Å². The molecule has 0 aromatic heterocycles. The molecule has 1 aliphatic rings. The summed E-state index contributed by atoms with van der Waals surface area (Å²) in [6.07, 6.45) is 0. The molecule has 6 heteroatoms. The molecule has 0 amide bonds. The molecule has 1 aliphatic heterocycles. The van der Waals surface area contributed by atoms with Crippen molar-refractivity contribution >= 4 is 23.4 Å². The number of rotatable bonds is 3. The Bertz CT molecular complexity index is 545. The lowest BCUT2D eigenvalue weighted by atomic mass is 9.78. The number of hydrogen-bond acceptors (Lipinski definition) is 5. The maximum Gasteiger partial charge on any atom is 0.335 e. The van der Waals surface area contributed by atoms with Gasteiger partial charge < -0.3 is 19.5 Å². The van der Waals surface area contributed by atoms with E-state index in [1.165, 1.54) is 7.11 Å². The van der Waals surface area contributed by atoms with E-state index < -0.39 is 17.1 Å². The molecule has 108 valence electrons. The van der Waals surface area contributed by atoms with Crippen LogP contribution in [0.3, 0.4) is 0 Å². The summed E-state index contributed by atoms with van der Waals surface area (Å²) >= 11 is 5.07. The summed E-state index contributed by atoms with van der Waals surface area (Å²) in [6, 6.07) is 7.30. The molecule has 1 aromatic rings.